The topological polar surface area (TPSA) is 134 Å². The van der Waals surface area contributed by atoms with Crippen LogP contribution in [0.5, 0.6) is 0 Å². The van der Waals surface area contributed by atoms with Gasteiger partial charge in [-0.05, 0) is 43.4 Å². The summed E-state index contributed by atoms with van der Waals surface area (Å²) in [6, 6.07) is 1.76. The minimum Gasteiger partial charge on any atom is -0.383 e. The number of rotatable bonds is 7. The van der Waals surface area contributed by atoms with E-state index in [2.05, 4.69) is 40.2 Å². The van der Waals surface area contributed by atoms with Gasteiger partial charge in [-0.3, -0.25) is 0 Å². The van der Waals surface area contributed by atoms with E-state index in [0.717, 1.165) is 16.1 Å². The van der Waals surface area contributed by atoms with Gasteiger partial charge < -0.3 is 10.4 Å². The molecular formula is C20H28N6O3S2. The summed E-state index contributed by atoms with van der Waals surface area (Å²) in [5.74, 6) is 0.830. The number of hydrogen-bond donors (Lipinski definition) is 3. The molecule has 0 aromatic carbocycles. The van der Waals surface area contributed by atoms with E-state index in [9.17, 15) is 13.5 Å². The molecule has 4 N–H and O–H groups in total. The lowest BCUT2D eigenvalue weighted by molar-refractivity contribution is -0.00976. The van der Waals surface area contributed by atoms with Crippen LogP contribution in [0, 0.1) is 5.92 Å². The Kier molecular flexibility index (Phi) is 7.22. The summed E-state index contributed by atoms with van der Waals surface area (Å²) in [5, 5.41) is 20.0. The maximum Gasteiger partial charge on any atom is 0.276 e. The number of thiazole rings is 1. The number of aromatic nitrogens is 3. The van der Waals surface area contributed by atoms with Crippen molar-refractivity contribution < 1.29 is 13.5 Å². The van der Waals surface area contributed by atoms with Gasteiger partial charge in [0.2, 0.25) is 5.95 Å². The molecular weight excluding hydrogens is 436 g/mol. The monoisotopic (exact) mass is 464 g/mol. The third kappa shape index (κ3) is 6.17. The van der Waals surface area contributed by atoms with Crippen molar-refractivity contribution in [2.75, 3.05) is 18.4 Å². The zero-order valence-electron chi connectivity index (χ0n) is 17.8. The molecule has 3 rings (SSSR count). The highest BCUT2D eigenvalue weighted by molar-refractivity contribution is 7.86. The lowest BCUT2D eigenvalue weighted by Gasteiger charge is -2.35. The predicted octanol–water partition coefficient (Wildman–Crippen LogP) is 2.48. The van der Waals surface area contributed by atoms with Crippen LogP contribution in [0.4, 0.5) is 5.95 Å². The quantitative estimate of drug-likeness (QED) is 0.536. The van der Waals surface area contributed by atoms with E-state index in [1.807, 2.05) is 13.0 Å². The molecule has 0 saturated carbocycles. The molecule has 1 saturated heterocycles. The second kappa shape index (κ2) is 9.53. The summed E-state index contributed by atoms with van der Waals surface area (Å²) in [5.41, 5.74) is 0.690. The van der Waals surface area contributed by atoms with Gasteiger partial charge >= 0.3 is 0 Å². The van der Waals surface area contributed by atoms with Crippen LogP contribution in [-0.4, -0.2) is 45.9 Å². The highest BCUT2D eigenvalue weighted by atomic mass is 32.2. The number of allylic oxidation sites excluding steroid dienone is 3. The lowest BCUT2D eigenvalue weighted by Crippen LogP contribution is -2.47. The molecule has 1 aliphatic rings. The molecule has 9 nitrogen and oxygen atoms in total. The molecule has 3 heterocycles. The van der Waals surface area contributed by atoms with Gasteiger partial charge in [-0.2, -0.15) is 12.7 Å². The number of anilines is 1. The average molecular weight is 465 g/mol. The molecule has 0 radical (unpaired) electrons. The van der Waals surface area contributed by atoms with E-state index >= 15 is 0 Å². The zero-order valence-corrected chi connectivity index (χ0v) is 19.4. The summed E-state index contributed by atoms with van der Waals surface area (Å²) in [4.78, 5) is 13.8. The number of nitrogens with two attached hydrogens (primary N) is 1. The maximum atomic E-state index is 11.5. The summed E-state index contributed by atoms with van der Waals surface area (Å²) in [6.45, 7) is 6.49. The van der Waals surface area contributed by atoms with Crippen molar-refractivity contribution in [2.24, 2.45) is 11.1 Å². The predicted molar refractivity (Wildman–Crippen MR) is 122 cm³/mol. The minimum absolute atomic E-state index is 0.168. The van der Waals surface area contributed by atoms with Crippen LogP contribution in [0.2, 0.25) is 0 Å². The standard InChI is InChI=1S/C20H28N6O3S2/c1-14(2)11-16(25-19-22-7-4-8-23-19)12-15(3)17-13-24-18(30-17)20(27)5-9-26(10-6-20)31(21,28)29/h4,7-8,11-14,27H,5-6,9-10H2,1-3H3,(H2,21,28,29)(H,22,23,25)/b15-12+,16-11+. The fourth-order valence-electron chi connectivity index (χ4n) is 3.28. The van der Waals surface area contributed by atoms with E-state index in [0.29, 0.717) is 16.9 Å². The van der Waals surface area contributed by atoms with Crippen molar-refractivity contribution in [1.29, 1.82) is 0 Å². The van der Waals surface area contributed by atoms with Crippen molar-refractivity contribution in [3.63, 3.8) is 0 Å². The first kappa shape index (κ1) is 23.5. The van der Waals surface area contributed by atoms with Gasteiger partial charge in [0.15, 0.2) is 0 Å². The van der Waals surface area contributed by atoms with Crippen LogP contribution in [0.3, 0.4) is 0 Å². The lowest BCUT2D eigenvalue weighted by atomic mass is 9.93. The first-order valence-electron chi connectivity index (χ1n) is 9.98. The Labute approximate surface area is 186 Å². The molecule has 11 heteroatoms. The van der Waals surface area contributed by atoms with Crippen LogP contribution in [-0.2, 0) is 15.8 Å². The Balaban J connectivity index is 1.78. The first-order valence-corrected chi connectivity index (χ1v) is 12.3. The van der Waals surface area contributed by atoms with Crippen LogP contribution in [0.1, 0.15) is 43.5 Å². The van der Waals surface area contributed by atoms with Gasteiger partial charge in [-0.25, -0.2) is 20.1 Å². The van der Waals surface area contributed by atoms with Gasteiger partial charge in [-0.15, -0.1) is 11.3 Å². The van der Waals surface area contributed by atoms with E-state index in [1.54, 1.807) is 24.7 Å². The average Bonchev–Trinajstić information content (AvgIpc) is 3.19. The van der Waals surface area contributed by atoms with Crippen LogP contribution >= 0.6 is 11.3 Å². The molecule has 0 amide bonds. The molecule has 31 heavy (non-hydrogen) atoms. The summed E-state index contributed by atoms with van der Waals surface area (Å²) in [6.07, 6.45) is 9.68. The van der Waals surface area contributed by atoms with Gasteiger partial charge in [0, 0.05) is 37.4 Å². The summed E-state index contributed by atoms with van der Waals surface area (Å²) >= 11 is 1.41. The largest absolute Gasteiger partial charge is 0.383 e. The second-order valence-electron chi connectivity index (χ2n) is 7.90. The molecule has 0 bridgehead atoms. The van der Waals surface area contributed by atoms with Gasteiger partial charge in [-0.1, -0.05) is 19.9 Å². The van der Waals surface area contributed by atoms with Gasteiger partial charge in [0.05, 0.1) is 4.88 Å². The molecule has 2 aromatic rings. The molecule has 0 atom stereocenters. The van der Waals surface area contributed by atoms with Crippen molar-refractivity contribution >= 4 is 33.1 Å². The van der Waals surface area contributed by atoms with E-state index in [1.165, 1.54) is 15.6 Å². The van der Waals surface area contributed by atoms with Crippen molar-refractivity contribution in [2.45, 2.75) is 39.2 Å². The SMILES string of the molecule is C/C(=C\C(=C/C(C)C)Nc1ncccn1)c1cnc(C2(O)CCN(S(N)(=O)=O)CC2)s1. The maximum absolute atomic E-state index is 11.5. The molecule has 0 aliphatic carbocycles. The highest BCUT2D eigenvalue weighted by Crippen LogP contribution is 2.37. The zero-order chi connectivity index (χ0) is 22.6. The Hall–Kier alpha value is -2.18. The number of nitrogens with zero attached hydrogens (tertiary/aromatic N) is 4. The van der Waals surface area contributed by atoms with Gasteiger partial charge in [0.25, 0.3) is 10.2 Å². The minimum atomic E-state index is -3.74. The Morgan fingerprint density at radius 2 is 1.94 bits per heavy atom. The first-order chi connectivity index (χ1) is 14.6. The number of aliphatic hydroxyl groups is 1. The Morgan fingerprint density at radius 3 is 2.52 bits per heavy atom. The fourth-order valence-corrected chi connectivity index (χ4v) is 5.00. The smallest absolute Gasteiger partial charge is 0.276 e. The van der Waals surface area contributed by atoms with Crippen molar-refractivity contribution in [1.82, 2.24) is 19.3 Å². The normalized spacial score (nSPS) is 18.4. The number of hydrogen-bond acceptors (Lipinski definition) is 8. The van der Waals surface area contributed by atoms with E-state index in [4.69, 9.17) is 5.14 Å². The third-order valence-electron chi connectivity index (χ3n) is 4.91. The molecule has 1 fully saturated rings. The summed E-state index contributed by atoms with van der Waals surface area (Å²) < 4.78 is 24.2. The molecule has 1 aliphatic heterocycles. The second-order valence-corrected chi connectivity index (χ2v) is 10.5. The summed E-state index contributed by atoms with van der Waals surface area (Å²) in [7, 11) is -3.74. The van der Waals surface area contributed by atoms with E-state index in [-0.39, 0.29) is 25.9 Å². The van der Waals surface area contributed by atoms with Crippen LogP contribution in [0.25, 0.3) is 5.57 Å². The third-order valence-corrected chi connectivity index (χ3v) is 7.32. The Bertz CT molecular complexity index is 1060. The van der Waals surface area contributed by atoms with Crippen molar-refractivity contribution in [3.05, 3.63) is 52.4 Å². The number of piperidine rings is 1. The van der Waals surface area contributed by atoms with Crippen LogP contribution < -0.4 is 10.5 Å². The number of nitrogens with one attached hydrogen (secondary N) is 1. The van der Waals surface area contributed by atoms with Crippen molar-refractivity contribution in [3.8, 4) is 0 Å². The Morgan fingerprint density at radius 1 is 1.29 bits per heavy atom. The fraction of sp³-hybridized carbons (Fsp3) is 0.450. The molecule has 168 valence electrons. The molecule has 0 spiro atoms. The molecule has 0 unspecified atom stereocenters. The van der Waals surface area contributed by atoms with E-state index < -0.39 is 15.8 Å². The van der Waals surface area contributed by atoms with Gasteiger partial charge in [0.1, 0.15) is 10.6 Å². The molecule has 2 aromatic heterocycles. The highest BCUT2D eigenvalue weighted by Gasteiger charge is 2.39. The van der Waals surface area contributed by atoms with Crippen LogP contribution in [0.15, 0.2) is 42.5 Å².